The second-order valence-electron chi connectivity index (χ2n) is 6.12. The molecule has 0 spiro atoms. The molecule has 1 aromatic rings. The zero-order valence-corrected chi connectivity index (χ0v) is 13.7. The van der Waals surface area contributed by atoms with Crippen molar-refractivity contribution < 1.29 is 9.90 Å². The van der Waals surface area contributed by atoms with E-state index in [2.05, 4.69) is 31.0 Å². The van der Waals surface area contributed by atoms with Crippen molar-refractivity contribution in [3.05, 3.63) is 23.3 Å². The minimum absolute atomic E-state index is 0.204. The minimum Gasteiger partial charge on any atom is -0.363 e. The van der Waals surface area contributed by atoms with Crippen LogP contribution in [0.1, 0.15) is 18.1 Å². The van der Waals surface area contributed by atoms with Crippen LogP contribution >= 0.6 is 0 Å². The smallest absolute Gasteiger partial charge is 0.345 e. The van der Waals surface area contributed by atoms with Crippen LogP contribution in [0.15, 0.2) is 17.1 Å². The van der Waals surface area contributed by atoms with Gasteiger partial charge in [0.25, 0.3) is 0 Å². The number of urea groups is 1. The van der Waals surface area contributed by atoms with Gasteiger partial charge in [0.05, 0.1) is 17.9 Å². The van der Waals surface area contributed by atoms with Gasteiger partial charge < -0.3 is 19.8 Å². The summed E-state index contributed by atoms with van der Waals surface area (Å²) in [5.41, 5.74) is 2.99. The summed E-state index contributed by atoms with van der Waals surface area (Å²) in [6.45, 7) is 6.95. The zero-order valence-electron chi connectivity index (χ0n) is 13.7. The van der Waals surface area contributed by atoms with E-state index >= 15 is 0 Å². The van der Waals surface area contributed by atoms with Gasteiger partial charge in [-0.2, -0.15) is 4.99 Å². The van der Waals surface area contributed by atoms with E-state index in [1.54, 1.807) is 7.05 Å². The topological polar surface area (TPSA) is 59.4 Å². The number of nitrogens with zero attached hydrogens (tertiary/aromatic N) is 4. The molecule has 0 aliphatic carbocycles. The molecule has 0 aromatic heterocycles. The predicted molar refractivity (Wildman–Crippen MR) is 87.7 cm³/mol. The van der Waals surface area contributed by atoms with E-state index in [0.29, 0.717) is 12.4 Å². The third kappa shape index (κ3) is 1.83. The number of amides is 2. The zero-order chi connectivity index (χ0) is 16.2. The summed E-state index contributed by atoms with van der Waals surface area (Å²) in [5, 5.41) is 11.3. The highest BCUT2D eigenvalue weighted by atomic mass is 16.3. The summed E-state index contributed by atoms with van der Waals surface area (Å²) >= 11 is 0. The monoisotopic (exact) mass is 302 g/mol. The van der Waals surface area contributed by atoms with Crippen molar-refractivity contribution in [2.24, 2.45) is 4.99 Å². The third-order valence-electron chi connectivity index (χ3n) is 4.67. The number of β-amino-alcohol motifs (C(OH)–C–C–N with tert-alkyl or cyclic N) is 1. The molecule has 1 unspecified atom stereocenters. The number of fused-ring (bicyclic) bond motifs is 2. The quantitative estimate of drug-likeness (QED) is 0.858. The van der Waals surface area contributed by atoms with Gasteiger partial charge in [-0.15, -0.1) is 0 Å². The van der Waals surface area contributed by atoms with Crippen LogP contribution in [0.5, 0.6) is 0 Å². The lowest BCUT2D eigenvalue weighted by Crippen LogP contribution is -2.69. The number of aryl methyl sites for hydroxylation is 2. The van der Waals surface area contributed by atoms with Gasteiger partial charge >= 0.3 is 6.03 Å². The van der Waals surface area contributed by atoms with Gasteiger partial charge in [0.15, 0.2) is 5.84 Å². The van der Waals surface area contributed by atoms with Crippen molar-refractivity contribution in [3.8, 4) is 0 Å². The lowest BCUT2D eigenvalue weighted by molar-refractivity contribution is 0.0693. The molecule has 0 saturated carbocycles. The number of aliphatic imine (C=N–C) groups is 1. The Morgan fingerprint density at radius 1 is 1.23 bits per heavy atom. The fraction of sp³-hybridized carbons (Fsp3) is 0.500. The number of rotatable bonds is 1. The van der Waals surface area contributed by atoms with Crippen molar-refractivity contribution in [2.75, 3.05) is 37.0 Å². The highest BCUT2D eigenvalue weighted by Crippen LogP contribution is 2.42. The molecule has 1 N–H and O–H groups in total. The third-order valence-corrected chi connectivity index (χ3v) is 4.67. The number of carbonyl (C=O) groups excluding carboxylic acids is 1. The normalized spacial score (nSPS) is 24.2. The Balaban J connectivity index is 2.27. The molecular weight excluding hydrogens is 280 g/mol. The minimum atomic E-state index is -1.29. The molecule has 6 heteroatoms. The molecular formula is C16H22N4O2. The first kappa shape index (κ1) is 14.8. The molecule has 2 amide bonds. The Bertz CT molecular complexity index is 685. The molecule has 22 heavy (non-hydrogen) atoms. The molecule has 118 valence electrons. The first-order chi connectivity index (χ1) is 10.3. The highest BCUT2D eigenvalue weighted by molar-refractivity contribution is 6.15. The Hall–Kier alpha value is -2.08. The fourth-order valence-electron chi connectivity index (χ4n) is 3.30. The maximum atomic E-state index is 11.9. The summed E-state index contributed by atoms with van der Waals surface area (Å²) < 4.78 is 0. The van der Waals surface area contributed by atoms with Crippen LogP contribution in [0, 0.1) is 13.8 Å². The molecule has 0 fully saturated rings. The first-order valence-electron chi connectivity index (χ1n) is 7.49. The molecule has 0 saturated heterocycles. The fourth-order valence-corrected chi connectivity index (χ4v) is 3.30. The number of anilines is 2. The van der Waals surface area contributed by atoms with Crippen molar-refractivity contribution in [3.63, 3.8) is 0 Å². The van der Waals surface area contributed by atoms with Crippen molar-refractivity contribution >= 4 is 23.2 Å². The number of amidine groups is 1. The van der Waals surface area contributed by atoms with Gasteiger partial charge in [-0.05, 0) is 44.0 Å². The Kier molecular flexibility index (Phi) is 3.18. The van der Waals surface area contributed by atoms with Crippen LogP contribution in [0.4, 0.5) is 16.2 Å². The van der Waals surface area contributed by atoms with E-state index in [1.807, 2.05) is 23.8 Å². The molecule has 6 nitrogen and oxygen atoms in total. The van der Waals surface area contributed by atoms with Crippen molar-refractivity contribution in [1.29, 1.82) is 0 Å². The van der Waals surface area contributed by atoms with Gasteiger partial charge in [0.2, 0.25) is 5.72 Å². The lowest BCUT2D eigenvalue weighted by atomic mass is 9.97. The van der Waals surface area contributed by atoms with Crippen LogP contribution in [0.25, 0.3) is 0 Å². The van der Waals surface area contributed by atoms with Gasteiger partial charge in [-0.1, -0.05) is 0 Å². The van der Waals surface area contributed by atoms with Crippen LogP contribution in [-0.4, -0.2) is 54.8 Å². The maximum absolute atomic E-state index is 11.9. The molecule has 1 atom stereocenters. The SMILES string of the molecule is CCN1c2cc(C)c(C)cc2N(C)C2=NC(=O)N(C)CC21O. The number of benzene rings is 1. The van der Waals surface area contributed by atoms with E-state index in [1.165, 1.54) is 16.0 Å². The van der Waals surface area contributed by atoms with Crippen LogP contribution < -0.4 is 9.80 Å². The van der Waals surface area contributed by atoms with E-state index < -0.39 is 5.72 Å². The number of hydrogen-bond acceptors (Lipinski definition) is 4. The molecule has 2 aliphatic heterocycles. The molecule has 0 bridgehead atoms. The van der Waals surface area contributed by atoms with E-state index in [4.69, 9.17) is 0 Å². The van der Waals surface area contributed by atoms with Gasteiger partial charge in [-0.25, -0.2) is 4.79 Å². The molecule has 3 rings (SSSR count). The average Bonchev–Trinajstić information content (AvgIpc) is 2.45. The largest absolute Gasteiger partial charge is 0.363 e. The molecule has 1 aromatic carbocycles. The van der Waals surface area contributed by atoms with E-state index in [-0.39, 0.29) is 12.6 Å². The van der Waals surface area contributed by atoms with Crippen molar-refractivity contribution in [1.82, 2.24) is 4.90 Å². The van der Waals surface area contributed by atoms with Crippen molar-refractivity contribution in [2.45, 2.75) is 26.5 Å². The lowest BCUT2D eigenvalue weighted by Gasteiger charge is -2.51. The number of likely N-dealkylation sites (N-methyl/N-ethyl adjacent to an activating group) is 3. The van der Waals surface area contributed by atoms with Gasteiger partial charge in [-0.3, -0.25) is 0 Å². The highest BCUT2D eigenvalue weighted by Gasteiger charge is 2.50. The average molecular weight is 302 g/mol. The maximum Gasteiger partial charge on any atom is 0.345 e. The standard InChI is InChI=1S/C16H22N4O2/c1-6-20-13-8-11(3)10(2)7-12(13)19(5)14-16(20,22)9-18(4)15(21)17-14/h7-8,22H,6,9H2,1-5H3. The second-order valence-corrected chi connectivity index (χ2v) is 6.12. The van der Waals surface area contributed by atoms with Crippen LogP contribution in [0.3, 0.4) is 0 Å². The summed E-state index contributed by atoms with van der Waals surface area (Å²) in [6, 6.07) is 3.85. The Morgan fingerprint density at radius 3 is 2.41 bits per heavy atom. The predicted octanol–water partition coefficient (Wildman–Crippen LogP) is 1.73. The summed E-state index contributed by atoms with van der Waals surface area (Å²) in [6.07, 6.45) is 0. The second kappa shape index (κ2) is 4.71. The van der Waals surface area contributed by atoms with E-state index in [0.717, 1.165) is 11.4 Å². The summed E-state index contributed by atoms with van der Waals surface area (Å²) in [5.74, 6) is 0.396. The summed E-state index contributed by atoms with van der Waals surface area (Å²) in [7, 11) is 3.51. The van der Waals surface area contributed by atoms with Gasteiger partial charge in [0, 0.05) is 20.6 Å². The number of hydrogen-bond donors (Lipinski definition) is 1. The Labute approximate surface area is 130 Å². The summed E-state index contributed by atoms with van der Waals surface area (Å²) in [4.78, 5) is 21.3. The first-order valence-corrected chi connectivity index (χ1v) is 7.49. The van der Waals surface area contributed by atoms with Crippen LogP contribution in [-0.2, 0) is 0 Å². The number of aliphatic hydroxyl groups is 1. The van der Waals surface area contributed by atoms with Gasteiger partial charge in [0.1, 0.15) is 0 Å². The molecule has 2 heterocycles. The van der Waals surface area contributed by atoms with E-state index in [9.17, 15) is 9.90 Å². The molecule has 2 aliphatic rings. The Morgan fingerprint density at radius 2 is 1.82 bits per heavy atom. The molecule has 0 radical (unpaired) electrons. The van der Waals surface area contributed by atoms with Crippen LogP contribution in [0.2, 0.25) is 0 Å². The number of carbonyl (C=O) groups is 1.